The summed E-state index contributed by atoms with van der Waals surface area (Å²) >= 11 is 0. The Labute approximate surface area is 197 Å². The van der Waals surface area contributed by atoms with E-state index in [1.807, 2.05) is 63.2 Å². The molecule has 7 heteroatoms. The zero-order chi connectivity index (χ0) is 24.2. The Morgan fingerprint density at radius 3 is 2.33 bits per heavy atom. The van der Waals surface area contributed by atoms with E-state index in [9.17, 15) is 13.2 Å². The van der Waals surface area contributed by atoms with Crippen molar-refractivity contribution in [2.75, 3.05) is 6.61 Å². The van der Waals surface area contributed by atoms with Crippen molar-refractivity contribution in [3.05, 3.63) is 64.7 Å². The van der Waals surface area contributed by atoms with E-state index in [1.165, 1.54) is 0 Å². The molecule has 0 radical (unpaired) electrons. The van der Waals surface area contributed by atoms with Crippen molar-refractivity contribution >= 4 is 16.1 Å². The molecule has 0 spiro atoms. The molecule has 2 aromatic rings. The molecule has 2 atom stereocenters. The first-order valence-electron chi connectivity index (χ1n) is 11.3. The fourth-order valence-corrected chi connectivity index (χ4v) is 5.73. The third-order valence-corrected chi connectivity index (χ3v) is 7.75. The van der Waals surface area contributed by atoms with Crippen LogP contribution in [0.15, 0.2) is 47.4 Å². The molecular formula is C26H34O6S. The number of rotatable bonds is 8. The molecule has 1 heterocycles. The highest BCUT2D eigenvalue weighted by Crippen LogP contribution is 2.34. The highest BCUT2D eigenvalue weighted by atomic mass is 32.2. The van der Waals surface area contributed by atoms with Crippen LogP contribution < -0.4 is 0 Å². The van der Waals surface area contributed by atoms with Gasteiger partial charge in [0.1, 0.15) is 6.61 Å². The van der Waals surface area contributed by atoms with Crippen LogP contribution in [0.3, 0.4) is 0 Å². The Morgan fingerprint density at radius 2 is 1.70 bits per heavy atom. The quantitative estimate of drug-likeness (QED) is 0.395. The van der Waals surface area contributed by atoms with Gasteiger partial charge in [-0.05, 0) is 70.6 Å². The Hall–Kier alpha value is -2.22. The van der Waals surface area contributed by atoms with Crippen LogP contribution in [0.1, 0.15) is 55.4 Å². The molecular weight excluding hydrogens is 440 g/mol. The van der Waals surface area contributed by atoms with Crippen molar-refractivity contribution in [1.82, 2.24) is 0 Å². The van der Waals surface area contributed by atoms with Crippen LogP contribution >= 0.6 is 0 Å². The van der Waals surface area contributed by atoms with Crippen LogP contribution in [0.4, 0.5) is 0 Å². The largest absolute Gasteiger partial charge is 0.460 e. The summed E-state index contributed by atoms with van der Waals surface area (Å²) < 4.78 is 42.9. The van der Waals surface area contributed by atoms with E-state index in [0.29, 0.717) is 24.0 Å². The smallest absolute Gasteiger partial charge is 0.314 e. The molecule has 1 fully saturated rings. The average Bonchev–Trinajstić information content (AvgIpc) is 2.76. The summed E-state index contributed by atoms with van der Waals surface area (Å²) in [4.78, 5) is 13.0. The van der Waals surface area contributed by atoms with Gasteiger partial charge >= 0.3 is 5.97 Å². The van der Waals surface area contributed by atoms with E-state index in [1.54, 1.807) is 13.8 Å². The highest BCUT2D eigenvalue weighted by molar-refractivity contribution is 7.86. The lowest BCUT2D eigenvalue weighted by atomic mass is 9.82. The first-order chi connectivity index (χ1) is 15.5. The summed E-state index contributed by atoms with van der Waals surface area (Å²) in [6, 6.07) is 13.2. The maximum atomic E-state index is 12.9. The van der Waals surface area contributed by atoms with E-state index in [-0.39, 0.29) is 30.2 Å². The number of ether oxygens (including phenoxy) is 2. The second kappa shape index (κ2) is 10.4. The highest BCUT2D eigenvalue weighted by Gasteiger charge is 2.42. The van der Waals surface area contributed by atoms with E-state index in [4.69, 9.17) is 13.7 Å². The summed E-state index contributed by atoms with van der Waals surface area (Å²) in [5.41, 5.74) is 2.39. The lowest BCUT2D eigenvalue weighted by molar-refractivity contribution is -0.174. The second-order valence-corrected chi connectivity index (χ2v) is 11.0. The Balaban J connectivity index is 1.61. The SMILES string of the molecule is Cc1cc(C)c(S(=O)(=O)OC[C@@H]2CCC[C@H](C(C)(C)C(=O)OCc3ccccc3)O2)c(C)c1. The van der Waals surface area contributed by atoms with Gasteiger partial charge in [-0.1, -0.05) is 48.0 Å². The lowest BCUT2D eigenvalue weighted by Gasteiger charge is -2.38. The van der Waals surface area contributed by atoms with Crippen LogP contribution in [-0.2, 0) is 35.2 Å². The summed E-state index contributed by atoms with van der Waals surface area (Å²) in [6.45, 7) is 9.21. The predicted molar refractivity (Wildman–Crippen MR) is 126 cm³/mol. The van der Waals surface area contributed by atoms with Gasteiger partial charge in [0.05, 0.1) is 29.1 Å². The summed E-state index contributed by atoms with van der Waals surface area (Å²) in [7, 11) is -3.92. The van der Waals surface area contributed by atoms with Crippen molar-refractivity contribution in [2.24, 2.45) is 5.41 Å². The van der Waals surface area contributed by atoms with Crippen LogP contribution in [0, 0.1) is 26.2 Å². The van der Waals surface area contributed by atoms with Gasteiger partial charge in [0.15, 0.2) is 0 Å². The lowest BCUT2D eigenvalue weighted by Crippen LogP contribution is -2.45. The second-order valence-electron chi connectivity index (χ2n) is 9.43. The monoisotopic (exact) mass is 474 g/mol. The minimum atomic E-state index is -3.92. The molecule has 180 valence electrons. The van der Waals surface area contributed by atoms with Gasteiger partial charge in [-0.25, -0.2) is 0 Å². The van der Waals surface area contributed by atoms with Gasteiger partial charge in [-0.15, -0.1) is 0 Å². The number of carbonyl (C=O) groups excluding carboxylic acids is 1. The fraction of sp³-hybridized carbons (Fsp3) is 0.500. The molecule has 0 aliphatic carbocycles. The van der Waals surface area contributed by atoms with Crippen LogP contribution in [0.25, 0.3) is 0 Å². The molecule has 0 bridgehead atoms. The van der Waals surface area contributed by atoms with E-state index >= 15 is 0 Å². The van der Waals surface area contributed by atoms with Crippen molar-refractivity contribution in [3.63, 3.8) is 0 Å². The first kappa shape index (κ1) is 25.4. The van der Waals surface area contributed by atoms with Crippen molar-refractivity contribution in [1.29, 1.82) is 0 Å². The van der Waals surface area contributed by atoms with Gasteiger partial charge in [0.2, 0.25) is 0 Å². The van der Waals surface area contributed by atoms with Gasteiger partial charge < -0.3 is 9.47 Å². The molecule has 1 aliphatic heterocycles. The third kappa shape index (κ3) is 6.22. The van der Waals surface area contributed by atoms with Crippen LogP contribution in [0.2, 0.25) is 0 Å². The van der Waals surface area contributed by atoms with Crippen molar-refractivity contribution in [3.8, 4) is 0 Å². The topological polar surface area (TPSA) is 78.9 Å². The minimum absolute atomic E-state index is 0.0826. The Kier molecular flexibility index (Phi) is 7.98. The Morgan fingerprint density at radius 1 is 1.06 bits per heavy atom. The van der Waals surface area contributed by atoms with Crippen molar-refractivity contribution < 1.29 is 26.9 Å². The number of hydrogen-bond acceptors (Lipinski definition) is 6. The van der Waals surface area contributed by atoms with Gasteiger partial charge in [0.25, 0.3) is 10.1 Å². The molecule has 0 amide bonds. The number of carbonyl (C=O) groups is 1. The number of benzene rings is 2. The number of hydrogen-bond donors (Lipinski definition) is 0. The summed E-state index contributed by atoms with van der Waals surface area (Å²) in [5, 5.41) is 0. The molecule has 6 nitrogen and oxygen atoms in total. The molecule has 1 aliphatic rings. The zero-order valence-corrected chi connectivity index (χ0v) is 20.9. The zero-order valence-electron chi connectivity index (χ0n) is 20.1. The fourth-order valence-electron chi connectivity index (χ4n) is 4.38. The van der Waals surface area contributed by atoms with Gasteiger partial charge in [0, 0.05) is 0 Å². The van der Waals surface area contributed by atoms with Gasteiger partial charge in [-0.3, -0.25) is 8.98 Å². The molecule has 3 rings (SSSR count). The normalized spacial score (nSPS) is 19.3. The number of aryl methyl sites for hydroxylation is 3. The molecule has 1 saturated heterocycles. The number of esters is 1. The maximum absolute atomic E-state index is 12.9. The molecule has 0 N–H and O–H groups in total. The minimum Gasteiger partial charge on any atom is -0.460 e. The average molecular weight is 475 g/mol. The third-order valence-electron chi connectivity index (χ3n) is 6.16. The molecule has 2 aromatic carbocycles. The summed E-state index contributed by atoms with van der Waals surface area (Å²) in [6.07, 6.45) is 1.40. The first-order valence-corrected chi connectivity index (χ1v) is 12.8. The standard InChI is InChI=1S/C26H34O6S/c1-18-14-19(2)24(20(3)15-18)33(28,29)31-17-22-12-9-13-23(32-22)26(4,5)25(27)30-16-21-10-7-6-8-11-21/h6-8,10-11,14-15,22-23H,9,12-13,16-17H2,1-5H3/t22-,23+/m0/s1. The predicted octanol–water partition coefficient (Wildman–Crippen LogP) is 5.02. The van der Waals surface area contributed by atoms with E-state index in [2.05, 4.69) is 0 Å². The van der Waals surface area contributed by atoms with E-state index in [0.717, 1.165) is 17.5 Å². The maximum Gasteiger partial charge on any atom is 0.314 e. The van der Waals surface area contributed by atoms with Gasteiger partial charge in [-0.2, -0.15) is 8.42 Å². The molecule has 0 saturated carbocycles. The van der Waals surface area contributed by atoms with E-state index < -0.39 is 21.6 Å². The van der Waals surface area contributed by atoms with Crippen LogP contribution in [0.5, 0.6) is 0 Å². The molecule has 33 heavy (non-hydrogen) atoms. The Bertz CT molecular complexity index is 1050. The van der Waals surface area contributed by atoms with Crippen LogP contribution in [-0.4, -0.2) is 33.2 Å². The molecule has 0 aromatic heterocycles. The molecule has 0 unspecified atom stereocenters. The summed E-state index contributed by atoms with van der Waals surface area (Å²) in [5.74, 6) is -0.337. The van der Waals surface area contributed by atoms with Crippen molar-refractivity contribution in [2.45, 2.75) is 77.6 Å².